The molecule has 2 aromatic rings. The number of aliphatic hydroxyl groups excluding tert-OH is 1. The molecule has 0 spiro atoms. The van der Waals surface area contributed by atoms with Crippen molar-refractivity contribution in [2.24, 2.45) is 5.92 Å². The Hall–Kier alpha value is -2.77. The van der Waals surface area contributed by atoms with E-state index in [1.807, 2.05) is 0 Å². The standard InChI is InChI=1S/C14H14N4O5S/c1-8-11(7-17-23-8)13(19)10(5-15)14(20)18-12-4-3-9(6-16-12)24(2,21)22/h3-4,6-7,10,13,19H,1-2H3,(H,16,18,20). The Balaban J connectivity index is 2.15. The van der Waals surface area contributed by atoms with E-state index in [0.29, 0.717) is 5.76 Å². The summed E-state index contributed by atoms with van der Waals surface area (Å²) >= 11 is 0. The van der Waals surface area contributed by atoms with E-state index in [2.05, 4.69) is 15.5 Å². The van der Waals surface area contributed by atoms with Crippen LogP contribution in [0.25, 0.3) is 0 Å². The van der Waals surface area contributed by atoms with Crippen molar-refractivity contribution in [2.45, 2.75) is 17.9 Å². The van der Waals surface area contributed by atoms with Crippen LogP contribution in [0.5, 0.6) is 0 Å². The van der Waals surface area contributed by atoms with Gasteiger partial charge in [0.15, 0.2) is 15.8 Å². The molecule has 0 aliphatic carbocycles. The molecule has 0 saturated carbocycles. The van der Waals surface area contributed by atoms with Crippen LogP contribution in [-0.4, -0.2) is 35.8 Å². The van der Waals surface area contributed by atoms with Gasteiger partial charge in [-0.1, -0.05) is 5.16 Å². The van der Waals surface area contributed by atoms with Gasteiger partial charge in [-0.3, -0.25) is 4.79 Å². The van der Waals surface area contributed by atoms with Crippen LogP contribution in [0.3, 0.4) is 0 Å². The number of rotatable bonds is 5. The van der Waals surface area contributed by atoms with Gasteiger partial charge < -0.3 is 14.9 Å². The molecule has 2 unspecified atom stereocenters. The Morgan fingerprint density at radius 3 is 2.58 bits per heavy atom. The van der Waals surface area contributed by atoms with Gasteiger partial charge >= 0.3 is 0 Å². The zero-order valence-electron chi connectivity index (χ0n) is 12.8. The molecule has 9 nitrogen and oxygen atoms in total. The summed E-state index contributed by atoms with van der Waals surface area (Å²) in [6, 6.07) is 4.29. The third-order valence-electron chi connectivity index (χ3n) is 3.26. The number of nitrogens with zero attached hydrogens (tertiary/aromatic N) is 3. The van der Waals surface area contributed by atoms with E-state index < -0.39 is 27.8 Å². The predicted molar refractivity (Wildman–Crippen MR) is 81.3 cm³/mol. The second-order valence-corrected chi connectivity index (χ2v) is 7.05. The van der Waals surface area contributed by atoms with Crippen molar-refractivity contribution >= 4 is 21.6 Å². The molecule has 0 saturated heterocycles. The number of nitrogens with one attached hydrogen (secondary N) is 1. The highest BCUT2D eigenvalue weighted by atomic mass is 32.2. The summed E-state index contributed by atoms with van der Waals surface area (Å²) < 4.78 is 27.5. The van der Waals surface area contributed by atoms with Crippen LogP contribution in [0.2, 0.25) is 0 Å². The Kier molecular flexibility index (Phi) is 4.96. The minimum absolute atomic E-state index is 0.00235. The maximum absolute atomic E-state index is 12.2. The largest absolute Gasteiger partial charge is 0.386 e. The molecule has 0 radical (unpaired) electrons. The summed E-state index contributed by atoms with van der Waals surface area (Å²) in [5.74, 6) is -1.85. The molecule has 2 heterocycles. The number of nitriles is 1. The highest BCUT2D eigenvalue weighted by molar-refractivity contribution is 7.90. The Morgan fingerprint density at radius 2 is 2.12 bits per heavy atom. The minimum Gasteiger partial charge on any atom is -0.386 e. The topological polar surface area (TPSA) is 146 Å². The number of aryl methyl sites for hydroxylation is 1. The third-order valence-corrected chi connectivity index (χ3v) is 4.36. The van der Waals surface area contributed by atoms with Crippen LogP contribution in [0.15, 0.2) is 33.9 Å². The van der Waals surface area contributed by atoms with Gasteiger partial charge in [0.05, 0.1) is 17.2 Å². The monoisotopic (exact) mass is 350 g/mol. The molecule has 2 rings (SSSR count). The second kappa shape index (κ2) is 6.77. The first kappa shape index (κ1) is 17.6. The summed E-state index contributed by atoms with van der Waals surface area (Å²) in [5.41, 5.74) is 0.233. The van der Waals surface area contributed by atoms with Crippen molar-refractivity contribution in [2.75, 3.05) is 11.6 Å². The Labute approximate surface area is 137 Å². The summed E-state index contributed by atoms with van der Waals surface area (Å²) in [4.78, 5) is 16.0. The number of aliphatic hydroxyl groups is 1. The molecule has 2 atom stereocenters. The van der Waals surface area contributed by atoms with Gasteiger partial charge in [-0.25, -0.2) is 13.4 Å². The molecule has 0 aliphatic heterocycles. The molecular weight excluding hydrogens is 336 g/mol. The molecule has 24 heavy (non-hydrogen) atoms. The first-order chi connectivity index (χ1) is 11.2. The number of amides is 1. The fourth-order valence-electron chi connectivity index (χ4n) is 1.92. The number of sulfone groups is 1. The molecule has 2 aromatic heterocycles. The van der Waals surface area contributed by atoms with Gasteiger partial charge in [0.1, 0.15) is 17.7 Å². The summed E-state index contributed by atoms with van der Waals surface area (Å²) in [7, 11) is -3.40. The highest BCUT2D eigenvalue weighted by Gasteiger charge is 2.31. The number of hydrogen-bond acceptors (Lipinski definition) is 8. The maximum Gasteiger partial charge on any atom is 0.245 e. The molecule has 0 aromatic carbocycles. The lowest BCUT2D eigenvalue weighted by molar-refractivity contribution is -0.121. The quantitative estimate of drug-likeness (QED) is 0.796. The van der Waals surface area contributed by atoms with E-state index in [1.165, 1.54) is 18.3 Å². The van der Waals surface area contributed by atoms with Crippen molar-refractivity contribution in [1.29, 1.82) is 5.26 Å². The van der Waals surface area contributed by atoms with Crippen molar-refractivity contribution in [3.8, 4) is 6.07 Å². The smallest absolute Gasteiger partial charge is 0.245 e. The maximum atomic E-state index is 12.2. The molecular formula is C14H14N4O5S. The third kappa shape index (κ3) is 3.76. The Bertz CT molecular complexity index is 883. The fourth-order valence-corrected chi connectivity index (χ4v) is 2.48. The summed E-state index contributed by atoms with van der Waals surface area (Å²) in [5, 5.41) is 25.2. The van der Waals surface area contributed by atoms with Gasteiger partial charge in [-0.05, 0) is 19.1 Å². The number of hydrogen-bond donors (Lipinski definition) is 2. The number of pyridine rings is 1. The van der Waals surface area contributed by atoms with Gasteiger partial charge in [0.2, 0.25) is 5.91 Å². The molecule has 2 N–H and O–H groups in total. The summed E-state index contributed by atoms with van der Waals surface area (Å²) in [6.45, 7) is 1.54. The second-order valence-electron chi connectivity index (χ2n) is 5.03. The lowest BCUT2D eigenvalue weighted by Gasteiger charge is -2.15. The van der Waals surface area contributed by atoms with E-state index in [0.717, 1.165) is 12.5 Å². The number of anilines is 1. The number of carbonyl (C=O) groups excluding carboxylic acids is 1. The lowest BCUT2D eigenvalue weighted by atomic mass is 9.97. The van der Waals surface area contributed by atoms with E-state index >= 15 is 0 Å². The molecule has 10 heteroatoms. The van der Waals surface area contributed by atoms with E-state index in [-0.39, 0.29) is 16.3 Å². The normalized spacial score (nSPS) is 13.8. The lowest BCUT2D eigenvalue weighted by Crippen LogP contribution is -2.27. The highest BCUT2D eigenvalue weighted by Crippen LogP contribution is 2.25. The van der Waals surface area contributed by atoms with Crippen LogP contribution in [0, 0.1) is 24.2 Å². The minimum atomic E-state index is -3.40. The van der Waals surface area contributed by atoms with Crippen LogP contribution >= 0.6 is 0 Å². The van der Waals surface area contributed by atoms with Gasteiger partial charge in [0, 0.05) is 18.0 Å². The van der Waals surface area contributed by atoms with Gasteiger partial charge in [0.25, 0.3) is 0 Å². The fraction of sp³-hybridized carbons (Fsp3) is 0.286. The molecule has 0 bridgehead atoms. The zero-order chi connectivity index (χ0) is 17.9. The van der Waals surface area contributed by atoms with Crippen LogP contribution < -0.4 is 5.32 Å². The molecule has 0 aliphatic rings. The van der Waals surface area contributed by atoms with Gasteiger partial charge in [-0.15, -0.1) is 0 Å². The average molecular weight is 350 g/mol. The molecule has 0 fully saturated rings. The number of aromatic nitrogens is 2. The first-order valence-electron chi connectivity index (χ1n) is 6.70. The molecule has 126 valence electrons. The summed E-state index contributed by atoms with van der Waals surface area (Å²) in [6.07, 6.45) is 1.94. The SMILES string of the molecule is Cc1oncc1C(O)C(C#N)C(=O)Nc1ccc(S(C)(=O)=O)cn1. The van der Waals surface area contributed by atoms with Crippen LogP contribution in [0.4, 0.5) is 5.82 Å². The van der Waals surface area contributed by atoms with E-state index in [9.17, 15) is 18.3 Å². The van der Waals surface area contributed by atoms with E-state index in [1.54, 1.807) is 13.0 Å². The van der Waals surface area contributed by atoms with Crippen molar-refractivity contribution in [1.82, 2.24) is 10.1 Å². The van der Waals surface area contributed by atoms with Gasteiger partial charge in [-0.2, -0.15) is 5.26 Å². The van der Waals surface area contributed by atoms with Crippen molar-refractivity contribution in [3.05, 3.63) is 35.9 Å². The van der Waals surface area contributed by atoms with Crippen molar-refractivity contribution < 1.29 is 22.8 Å². The van der Waals surface area contributed by atoms with Crippen LogP contribution in [-0.2, 0) is 14.6 Å². The predicted octanol–water partition coefficient (Wildman–Crippen LogP) is 0.593. The van der Waals surface area contributed by atoms with Crippen LogP contribution in [0.1, 0.15) is 17.4 Å². The number of carbonyl (C=O) groups is 1. The molecule has 1 amide bonds. The van der Waals surface area contributed by atoms with Crippen molar-refractivity contribution in [3.63, 3.8) is 0 Å². The Morgan fingerprint density at radius 1 is 1.42 bits per heavy atom. The zero-order valence-corrected chi connectivity index (χ0v) is 13.6. The van der Waals surface area contributed by atoms with E-state index in [4.69, 9.17) is 9.78 Å². The first-order valence-corrected chi connectivity index (χ1v) is 8.59. The average Bonchev–Trinajstić information content (AvgIpc) is 2.93.